The summed E-state index contributed by atoms with van der Waals surface area (Å²) < 4.78 is 6.79. The topological polar surface area (TPSA) is 66.0 Å². The van der Waals surface area contributed by atoms with Crippen LogP contribution in [0.3, 0.4) is 0 Å². The van der Waals surface area contributed by atoms with E-state index in [-0.39, 0.29) is 0 Å². The normalized spacial score (nSPS) is 10.4. The van der Waals surface area contributed by atoms with E-state index in [9.17, 15) is 0 Å². The molecule has 5 heteroatoms. The van der Waals surface area contributed by atoms with Crippen molar-refractivity contribution in [2.75, 3.05) is 12.8 Å². The van der Waals surface area contributed by atoms with Gasteiger partial charge in [-0.25, -0.2) is 4.68 Å². The molecule has 0 aliphatic rings. The Balaban J connectivity index is 2.48. The zero-order valence-corrected chi connectivity index (χ0v) is 9.56. The largest absolute Gasteiger partial charge is 0.496 e. The Morgan fingerprint density at radius 3 is 2.69 bits per heavy atom. The van der Waals surface area contributed by atoms with Crippen LogP contribution >= 0.6 is 0 Å². The number of nitrogen functional groups attached to an aromatic ring is 1. The molecule has 1 heterocycles. The van der Waals surface area contributed by atoms with E-state index in [4.69, 9.17) is 10.5 Å². The van der Waals surface area contributed by atoms with Gasteiger partial charge in [-0.2, -0.15) is 4.98 Å². The average molecular weight is 218 g/mol. The van der Waals surface area contributed by atoms with Crippen molar-refractivity contribution in [2.24, 2.45) is 7.05 Å². The first-order valence-corrected chi connectivity index (χ1v) is 4.93. The van der Waals surface area contributed by atoms with Gasteiger partial charge in [-0.05, 0) is 18.6 Å². The third kappa shape index (κ3) is 1.71. The molecule has 0 bridgehead atoms. The number of hydrogen-bond donors (Lipinski definition) is 1. The Morgan fingerprint density at radius 2 is 2.12 bits per heavy atom. The second-order valence-electron chi connectivity index (χ2n) is 3.60. The van der Waals surface area contributed by atoms with Gasteiger partial charge in [0, 0.05) is 12.6 Å². The van der Waals surface area contributed by atoms with Crippen LogP contribution < -0.4 is 10.5 Å². The van der Waals surface area contributed by atoms with E-state index in [1.165, 1.54) is 0 Å². The quantitative estimate of drug-likeness (QED) is 0.827. The Labute approximate surface area is 93.9 Å². The van der Waals surface area contributed by atoms with Gasteiger partial charge in [0.15, 0.2) is 5.82 Å². The number of nitrogens with two attached hydrogens (primary N) is 1. The molecule has 0 atom stereocenters. The smallest absolute Gasteiger partial charge is 0.218 e. The predicted octanol–water partition coefficient (Wildman–Crippen LogP) is 1.38. The minimum atomic E-state index is 0.398. The Bertz CT molecular complexity index is 499. The molecule has 0 saturated carbocycles. The molecule has 0 aliphatic heterocycles. The van der Waals surface area contributed by atoms with Crippen LogP contribution in [0.25, 0.3) is 11.4 Å². The minimum Gasteiger partial charge on any atom is -0.496 e. The summed E-state index contributed by atoms with van der Waals surface area (Å²) >= 11 is 0. The fourth-order valence-corrected chi connectivity index (χ4v) is 1.48. The zero-order valence-electron chi connectivity index (χ0n) is 9.56. The van der Waals surface area contributed by atoms with Crippen LogP contribution in [0, 0.1) is 6.92 Å². The summed E-state index contributed by atoms with van der Waals surface area (Å²) in [5.41, 5.74) is 7.61. The van der Waals surface area contributed by atoms with Gasteiger partial charge in [-0.1, -0.05) is 12.1 Å². The van der Waals surface area contributed by atoms with Crippen LogP contribution in [0.5, 0.6) is 5.75 Å². The van der Waals surface area contributed by atoms with E-state index in [1.807, 2.05) is 25.1 Å². The van der Waals surface area contributed by atoms with Crippen molar-refractivity contribution in [1.82, 2.24) is 14.8 Å². The van der Waals surface area contributed by atoms with Gasteiger partial charge in [0.1, 0.15) is 5.75 Å². The third-order valence-corrected chi connectivity index (χ3v) is 2.46. The van der Waals surface area contributed by atoms with Gasteiger partial charge >= 0.3 is 0 Å². The lowest BCUT2D eigenvalue weighted by Gasteiger charge is -2.05. The second kappa shape index (κ2) is 3.84. The molecule has 0 amide bonds. The Hall–Kier alpha value is -2.04. The summed E-state index contributed by atoms with van der Waals surface area (Å²) in [7, 11) is 3.41. The van der Waals surface area contributed by atoms with E-state index < -0.39 is 0 Å². The van der Waals surface area contributed by atoms with Crippen molar-refractivity contribution < 1.29 is 4.74 Å². The molecule has 2 aromatic rings. The highest BCUT2D eigenvalue weighted by molar-refractivity contribution is 5.59. The molecule has 0 spiro atoms. The van der Waals surface area contributed by atoms with Crippen LogP contribution in [0.4, 0.5) is 5.95 Å². The van der Waals surface area contributed by atoms with E-state index in [1.54, 1.807) is 18.8 Å². The molecular weight excluding hydrogens is 204 g/mol. The number of rotatable bonds is 2. The summed E-state index contributed by atoms with van der Waals surface area (Å²) in [6.45, 7) is 1.99. The lowest BCUT2D eigenvalue weighted by Crippen LogP contribution is -1.97. The van der Waals surface area contributed by atoms with Gasteiger partial charge in [0.05, 0.1) is 7.11 Å². The summed E-state index contributed by atoms with van der Waals surface area (Å²) in [6, 6.07) is 5.83. The van der Waals surface area contributed by atoms with Crippen LogP contribution in [-0.2, 0) is 7.05 Å². The molecule has 84 valence electrons. The summed E-state index contributed by atoms with van der Waals surface area (Å²) in [4.78, 5) is 4.16. The highest BCUT2D eigenvalue weighted by atomic mass is 16.5. The van der Waals surface area contributed by atoms with Gasteiger partial charge < -0.3 is 10.5 Å². The molecule has 1 aromatic carbocycles. The first-order valence-electron chi connectivity index (χ1n) is 4.93. The fourth-order valence-electron chi connectivity index (χ4n) is 1.48. The highest BCUT2D eigenvalue weighted by Gasteiger charge is 2.08. The number of ether oxygens (including phenoxy) is 1. The molecule has 0 fully saturated rings. The van der Waals surface area contributed by atoms with Crippen molar-refractivity contribution in [3.05, 3.63) is 23.8 Å². The molecule has 0 unspecified atom stereocenters. The SMILES string of the molecule is COc1cc(-c2nc(N)n(C)n2)ccc1C. The number of benzene rings is 1. The molecule has 0 aliphatic carbocycles. The van der Waals surface area contributed by atoms with Crippen molar-refractivity contribution in [1.29, 1.82) is 0 Å². The molecule has 2 rings (SSSR count). The van der Waals surface area contributed by atoms with Gasteiger partial charge in [0.2, 0.25) is 5.95 Å². The molecule has 1 aromatic heterocycles. The van der Waals surface area contributed by atoms with E-state index >= 15 is 0 Å². The standard InChI is InChI=1S/C11H14N4O/c1-7-4-5-8(6-9(7)16-3)10-13-11(12)15(2)14-10/h4-6H,1-3H3,(H2,12,13,14). The maximum atomic E-state index is 5.64. The Kier molecular flexibility index (Phi) is 2.52. The molecule has 16 heavy (non-hydrogen) atoms. The number of aromatic nitrogens is 3. The number of nitrogens with zero attached hydrogens (tertiary/aromatic N) is 3. The van der Waals surface area contributed by atoms with Gasteiger partial charge in [0.25, 0.3) is 0 Å². The number of hydrogen-bond acceptors (Lipinski definition) is 4. The van der Waals surface area contributed by atoms with Crippen LogP contribution in [0.1, 0.15) is 5.56 Å². The maximum absolute atomic E-state index is 5.64. The lowest BCUT2D eigenvalue weighted by atomic mass is 10.1. The molecule has 0 radical (unpaired) electrons. The highest BCUT2D eigenvalue weighted by Crippen LogP contribution is 2.24. The summed E-state index contributed by atoms with van der Waals surface area (Å²) in [5, 5.41) is 4.21. The van der Waals surface area contributed by atoms with Crippen LogP contribution in [0.2, 0.25) is 0 Å². The van der Waals surface area contributed by atoms with E-state index in [0.717, 1.165) is 16.9 Å². The number of methoxy groups -OCH3 is 1. The first-order chi connectivity index (χ1) is 7.61. The fraction of sp³-hybridized carbons (Fsp3) is 0.273. The number of aryl methyl sites for hydroxylation is 2. The predicted molar refractivity (Wildman–Crippen MR) is 62.1 cm³/mol. The van der Waals surface area contributed by atoms with Gasteiger partial charge in [-0.3, -0.25) is 0 Å². The summed E-state index contributed by atoms with van der Waals surface area (Å²) in [6.07, 6.45) is 0. The van der Waals surface area contributed by atoms with Crippen molar-refractivity contribution in [3.63, 3.8) is 0 Å². The molecular formula is C11H14N4O. The monoisotopic (exact) mass is 218 g/mol. The van der Waals surface area contributed by atoms with Crippen molar-refractivity contribution >= 4 is 5.95 Å². The van der Waals surface area contributed by atoms with Crippen molar-refractivity contribution in [2.45, 2.75) is 6.92 Å². The molecule has 0 saturated heterocycles. The molecule has 2 N–H and O–H groups in total. The third-order valence-electron chi connectivity index (χ3n) is 2.46. The summed E-state index contributed by atoms with van der Waals surface area (Å²) in [5.74, 6) is 1.83. The van der Waals surface area contributed by atoms with Crippen LogP contribution in [0.15, 0.2) is 18.2 Å². The van der Waals surface area contributed by atoms with Crippen LogP contribution in [-0.4, -0.2) is 21.9 Å². The van der Waals surface area contributed by atoms with Crippen molar-refractivity contribution in [3.8, 4) is 17.1 Å². The first kappa shape index (κ1) is 10.5. The zero-order chi connectivity index (χ0) is 11.7. The minimum absolute atomic E-state index is 0.398. The van der Waals surface area contributed by atoms with Gasteiger partial charge in [-0.15, -0.1) is 5.10 Å². The molecule has 5 nitrogen and oxygen atoms in total. The lowest BCUT2D eigenvalue weighted by molar-refractivity contribution is 0.412. The van der Waals surface area contributed by atoms with E-state index in [0.29, 0.717) is 11.8 Å². The number of anilines is 1. The Morgan fingerprint density at radius 1 is 1.38 bits per heavy atom. The second-order valence-corrected chi connectivity index (χ2v) is 3.60. The average Bonchev–Trinajstić information content (AvgIpc) is 2.60. The van der Waals surface area contributed by atoms with E-state index in [2.05, 4.69) is 10.1 Å². The maximum Gasteiger partial charge on any atom is 0.218 e.